The van der Waals surface area contributed by atoms with Crippen molar-refractivity contribution in [1.29, 1.82) is 0 Å². The molecule has 0 saturated heterocycles. The van der Waals surface area contributed by atoms with E-state index in [4.69, 9.17) is 5.11 Å². The molecule has 0 aliphatic carbocycles. The number of aliphatic carboxylic acids is 1. The second kappa shape index (κ2) is 4.64. The third kappa shape index (κ3) is 2.58. The SMILES string of the molecule is Cc1cc(N(C)C(C)(C)C(=O)O)cc([N+](=O)[O-])c1. The highest BCUT2D eigenvalue weighted by Gasteiger charge is 2.32. The Labute approximate surface area is 105 Å². The number of carboxylic acids is 1. The smallest absolute Gasteiger partial charge is 0.328 e. The van der Waals surface area contributed by atoms with Crippen LogP contribution in [-0.2, 0) is 4.79 Å². The Morgan fingerprint density at radius 3 is 2.39 bits per heavy atom. The normalized spacial score (nSPS) is 11.1. The molecule has 1 N–H and O–H groups in total. The minimum absolute atomic E-state index is 0.0435. The van der Waals surface area contributed by atoms with Crippen molar-refractivity contribution in [3.63, 3.8) is 0 Å². The van der Waals surface area contributed by atoms with Gasteiger partial charge >= 0.3 is 5.97 Å². The minimum atomic E-state index is -1.14. The van der Waals surface area contributed by atoms with Gasteiger partial charge in [-0.3, -0.25) is 10.1 Å². The number of hydrogen-bond acceptors (Lipinski definition) is 4. The Kier molecular flexibility index (Phi) is 3.59. The number of anilines is 1. The summed E-state index contributed by atoms with van der Waals surface area (Å²) in [6.07, 6.45) is 0. The van der Waals surface area contributed by atoms with Crippen LogP contribution in [0.1, 0.15) is 19.4 Å². The highest BCUT2D eigenvalue weighted by Crippen LogP contribution is 2.27. The van der Waals surface area contributed by atoms with E-state index in [-0.39, 0.29) is 5.69 Å². The zero-order valence-electron chi connectivity index (χ0n) is 10.8. The maximum atomic E-state index is 11.2. The number of benzene rings is 1. The predicted molar refractivity (Wildman–Crippen MR) is 68.0 cm³/mol. The summed E-state index contributed by atoms with van der Waals surface area (Å²) in [5.74, 6) is -0.992. The van der Waals surface area contributed by atoms with Gasteiger partial charge in [-0.25, -0.2) is 4.79 Å². The Morgan fingerprint density at radius 1 is 1.39 bits per heavy atom. The van der Waals surface area contributed by atoms with Gasteiger partial charge in [0.1, 0.15) is 5.54 Å². The predicted octanol–water partition coefficient (Wildman–Crippen LogP) is 2.20. The molecule has 0 fully saturated rings. The molecular weight excluding hydrogens is 236 g/mol. The van der Waals surface area contributed by atoms with E-state index in [9.17, 15) is 14.9 Å². The average Bonchev–Trinajstić information content (AvgIpc) is 2.26. The molecule has 0 aliphatic heterocycles. The average molecular weight is 252 g/mol. The molecule has 98 valence electrons. The van der Waals surface area contributed by atoms with Crippen LogP contribution < -0.4 is 4.90 Å². The lowest BCUT2D eigenvalue weighted by Crippen LogP contribution is -2.48. The number of non-ortho nitro benzene ring substituents is 1. The second-order valence-electron chi connectivity index (χ2n) is 4.71. The molecule has 0 atom stereocenters. The van der Waals surface area contributed by atoms with Gasteiger partial charge in [0.15, 0.2) is 0 Å². The molecule has 0 bridgehead atoms. The number of rotatable bonds is 4. The number of nitro groups is 1. The number of carboxylic acid groups (broad SMARTS) is 1. The summed E-state index contributed by atoms with van der Waals surface area (Å²) in [5, 5.41) is 19.9. The van der Waals surface area contributed by atoms with E-state index in [0.29, 0.717) is 11.3 Å². The minimum Gasteiger partial charge on any atom is -0.480 e. The van der Waals surface area contributed by atoms with E-state index in [1.165, 1.54) is 17.0 Å². The zero-order chi connectivity index (χ0) is 14.1. The summed E-state index contributed by atoms with van der Waals surface area (Å²) in [5.41, 5.74) is 0.0427. The molecule has 1 rings (SSSR count). The van der Waals surface area contributed by atoms with E-state index in [0.717, 1.165) is 0 Å². The molecule has 0 amide bonds. The largest absolute Gasteiger partial charge is 0.480 e. The number of likely N-dealkylation sites (N-methyl/N-ethyl adjacent to an activating group) is 1. The molecule has 0 aromatic heterocycles. The van der Waals surface area contributed by atoms with Gasteiger partial charge in [-0.05, 0) is 32.4 Å². The fourth-order valence-corrected chi connectivity index (χ4v) is 1.51. The van der Waals surface area contributed by atoms with Gasteiger partial charge < -0.3 is 10.0 Å². The zero-order valence-corrected chi connectivity index (χ0v) is 10.8. The number of nitrogens with zero attached hydrogens (tertiary/aromatic N) is 2. The standard InChI is InChI=1S/C12H16N2O4/c1-8-5-9(7-10(6-8)14(17)18)13(4)12(2,3)11(15)16/h5-7H,1-4H3,(H,15,16). The highest BCUT2D eigenvalue weighted by molar-refractivity contribution is 5.82. The summed E-state index contributed by atoms with van der Waals surface area (Å²) in [7, 11) is 1.60. The first-order valence-corrected chi connectivity index (χ1v) is 5.39. The molecule has 18 heavy (non-hydrogen) atoms. The lowest BCUT2D eigenvalue weighted by molar-refractivity contribution is -0.384. The van der Waals surface area contributed by atoms with Crippen LogP contribution in [0, 0.1) is 17.0 Å². The summed E-state index contributed by atoms with van der Waals surface area (Å²) in [6.45, 7) is 4.82. The van der Waals surface area contributed by atoms with E-state index in [1.54, 1.807) is 33.9 Å². The Morgan fingerprint density at radius 2 is 1.94 bits per heavy atom. The monoisotopic (exact) mass is 252 g/mol. The molecule has 0 unspecified atom stereocenters. The van der Waals surface area contributed by atoms with Crippen molar-refractivity contribution in [2.75, 3.05) is 11.9 Å². The molecule has 0 radical (unpaired) electrons. The molecule has 1 aromatic carbocycles. The topological polar surface area (TPSA) is 83.7 Å². The van der Waals surface area contributed by atoms with Crippen LogP contribution in [0.2, 0.25) is 0 Å². The van der Waals surface area contributed by atoms with Gasteiger partial charge in [-0.15, -0.1) is 0 Å². The molecule has 6 nitrogen and oxygen atoms in total. The summed E-state index contributed by atoms with van der Waals surface area (Å²) in [6, 6.07) is 4.54. The lowest BCUT2D eigenvalue weighted by Gasteiger charge is -2.33. The van der Waals surface area contributed by atoms with Gasteiger partial charge in [0.25, 0.3) is 5.69 Å². The Balaban J connectivity index is 3.25. The van der Waals surface area contributed by atoms with E-state index >= 15 is 0 Å². The van der Waals surface area contributed by atoms with Crippen LogP contribution in [0.25, 0.3) is 0 Å². The summed E-state index contributed by atoms with van der Waals surface area (Å²) >= 11 is 0. The van der Waals surface area contributed by atoms with Gasteiger partial charge in [0.05, 0.1) is 4.92 Å². The molecule has 0 heterocycles. The molecule has 0 spiro atoms. The number of aryl methyl sites for hydroxylation is 1. The number of nitro benzene ring substituents is 1. The van der Waals surface area contributed by atoms with Crippen LogP contribution in [0.3, 0.4) is 0 Å². The second-order valence-corrected chi connectivity index (χ2v) is 4.71. The van der Waals surface area contributed by atoms with Crippen LogP contribution in [0.15, 0.2) is 18.2 Å². The maximum Gasteiger partial charge on any atom is 0.328 e. The van der Waals surface area contributed by atoms with Gasteiger partial charge in [0, 0.05) is 24.9 Å². The van der Waals surface area contributed by atoms with Crippen molar-refractivity contribution in [2.24, 2.45) is 0 Å². The molecule has 1 aromatic rings. The van der Waals surface area contributed by atoms with Gasteiger partial charge in [-0.1, -0.05) is 0 Å². The molecular formula is C12H16N2O4. The van der Waals surface area contributed by atoms with Crippen molar-refractivity contribution < 1.29 is 14.8 Å². The Hall–Kier alpha value is -2.11. The molecule has 0 saturated carbocycles. The molecule has 6 heteroatoms. The fraction of sp³-hybridized carbons (Fsp3) is 0.417. The number of hydrogen-bond donors (Lipinski definition) is 1. The fourth-order valence-electron chi connectivity index (χ4n) is 1.51. The van der Waals surface area contributed by atoms with Crippen LogP contribution in [0.5, 0.6) is 0 Å². The lowest BCUT2D eigenvalue weighted by atomic mass is 10.0. The van der Waals surface area contributed by atoms with Crippen molar-refractivity contribution in [2.45, 2.75) is 26.3 Å². The first kappa shape index (κ1) is 14.0. The highest BCUT2D eigenvalue weighted by atomic mass is 16.6. The Bertz CT molecular complexity index is 497. The van der Waals surface area contributed by atoms with Gasteiger partial charge in [0.2, 0.25) is 0 Å². The van der Waals surface area contributed by atoms with Crippen molar-refractivity contribution in [3.05, 3.63) is 33.9 Å². The van der Waals surface area contributed by atoms with Crippen LogP contribution in [0.4, 0.5) is 11.4 Å². The van der Waals surface area contributed by atoms with Crippen LogP contribution in [-0.4, -0.2) is 28.6 Å². The summed E-state index contributed by atoms with van der Waals surface area (Å²) in [4.78, 5) is 23.0. The first-order valence-electron chi connectivity index (χ1n) is 5.39. The van der Waals surface area contributed by atoms with Crippen molar-refractivity contribution >= 4 is 17.3 Å². The van der Waals surface area contributed by atoms with Crippen molar-refractivity contribution in [3.8, 4) is 0 Å². The van der Waals surface area contributed by atoms with Crippen molar-refractivity contribution in [1.82, 2.24) is 0 Å². The summed E-state index contributed by atoms with van der Waals surface area (Å²) < 4.78 is 0. The van der Waals surface area contributed by atoms with Gasteiger partial charge in [-0.2, -0.15) is 0 Å². The number of carbonyl (C=O) groups is 1. The quantitative estimate of drug-likeness (QED) is 0.656. The maximum absolute atomic E-state index is 11.2. The van der Waals surface area contributed by atoms with Crippen LogP contribution >= 0.6 is 0 Å². The third-order valence-electron chi connectivity index (χ3n) is 3.01. The third-order valence-corrected chi connectivity index (χ3v) is 3.01. The van der Waals surface area contributed by atoms with E-state index in [2.05, 4.69) is 0 Å². The molecule has 0 aliphatic rings. The first-order chi connectivity index (χ1) is 8.16. The van der Waals surface area contributed by atoms with E-state index < -0.39 is 16.4 Å². The van der Waals surface area contributed by atoms with E-state index in [1.807, 2.05) is 0 Å².